The van der Waals surface area contributed by atoms with Crippen molar-refractivity contribution < 1.29 is 35.7 Å². The van der Waals surface area contributed by atoms with E-state index in [1.165, 1.54) is 18.0 Å². The molecular weight excluding hydrogens is 549 g/mol. The van der Waals surface area contributed by atoms with Crippen molar-refractivity contribution in [1.29, 1.82) is 0 Å². The zero-order valence-electron chi connectivity index (χ0n) is 24.2. The fourth-order valence-corrected chi connectivity index (χ4v) is 7.31. The molecule has 0 saturated carbocycles. The van der Waals surface area contributed by atoms with Crippen molar-refractivity contribution in [2.75, 3.05) is 13.7 Å². The highest BCUT2D eigenvalue weighted by Gasteiger charge is 2.67. The van der Waals surface area contributed by atoms with Crippen LogP contribution in [0.15, 0.2) is 17.3 Å². The monoisotopic (exact) mass is 590 g/mol. The van der Waals surface area contributed by atoms with Crippen molar-refractivity contribution in [1.82, 2.24) is 15.0 Å². The average molecular weight is 591 g/mol. The van der Waals surface area contributed by atoms with Crippen molar-refractivity contribution in [2.24, 2.45) is 5.73 Å². The summed E-state index contributed by atoms with van der Waals surface area (Å²) < 4.78 is 57.2. The van der Waals surface area contributed by atoms with Crippen LogP contribution in [-0.4, -0.2) is 77.5 Å². The van der Waals surface area contributed by atoms with E-state index in [9.17, 15) is 13.2 Å². The van der Waals surface area contributed by atoms with Gasteiger partial charge in [0.15, 0.2) is 34.2 Å². The summed E-state index contributed by atoms with van der Waals surface area (Å²) in [6, 6.07) is 0. The molecule has 12 nitrogen and oxygen atoms in total. The zero-order chi connectivity index (χ0) is 29.1. The molecule has 3 rings (SSSR count). The van der Waals surface area contributed by atoms with Gasteiger partial charge in [-0.15, -0.1) is 5.10 Å². The van der Waals surface area contributed by atoms with E-state index in [1.54, 1.807) is 0 Å². The van der Waals surface area contributed by atoms with Crippen LogP contribution >= 0.6 is 0 Å². The fraction of sp³-hybridized carbons (Fsp3) is 0.783. The van der Waals surface area contributed by atoms with E-state index < -0.39 is 56.8 Å². The molecule has 15 heteroatoms. The molecule has 0 bridgehead atoms. The van der Waals surface area contributed by atoms with Crippen molar-refractivity contribution in [3.63, 3.8) is 0 Å². The molecule has 0 amide bonds. The van der Waals surface area contributed by atoms with Crippen LogP contribution < -0.4 is 5.73 Å². The minimum atomic E-state index is -4.14. The van der Waals surface area contributed by atoms with Gasteiger partial charge in [-0.2, -0.15) is 8.42 Å². The zero-order valence-corrected chi connectivity index (χ0v) is 27.0. The summed E-state index contributed by atoms with van der Waals surface area (Å²) in [5.41, 5.74) is 4.66. The maximum absolute atomic E-state index is 12.8. The number of carbonyl (C=O) groups excluding carboxylic acids is 1. The quantitative estimate of drug-likeness (QED) is 0.283. The smallest absolute Gasteiger partial charge is 0.360 e. The second-order valence-corrected chi connectivity index (χ2v) is 23.9. The molecule has 1 aromatic rings. The number of methoxy groups -OCH3 is 1. The maximum atomic E-state index is 12.8. The Morgan fingerprint density at radius 2 is 1.71 bits per heavy atom. The van der Waals surface area contributed by atoms with Gasteiger partial charge in [0.2, 0.25) is 0 Å². The standard InChI is InChI=1S/C23H42N4O8SSi2/c1-21(2,3)37(8,9)32-13-17-23(16(24)14-36(29,30)35-23)18(34-38(10,11)22(4,5)6)19(33-17)27-12-15(25-26-27)20(28)31-7/h12,14,17-19H,13,24H2,1-11H3. The van der Waals surface area contributed by atoms with E-state index in [2.05, 4.69) is 64.9 Å². The second-order valence-electron chi connectivity index (χ2n) is 12.9. The molecule has 2 N–H and O–H groups in total. The van der Waals surface area contributed by atoms with Crippen LogP contribution in [0, 0.1) is 0 Å². The number of rotatable bonds is 7. The van der Waals surface area contributed by atoms with Gasteiger partial charge in [0.25, 0.3) is 10.1 Å². The summed E-state index contributed by atoms with van der Waals surface area (Å²) in [7, 11) is -7.77. The number of ether oxygens (including phenoxy) is 2. The molecule has 1 fully saturated rings. The molecule has 1 spiro atoms. The van der Waals surface area contributed by atoms with E-state index in [0.29, 0.717) is 0 Å². The molecule has 4 unspecified atom stereocenters. The molecule has 38 heavy (non-hydrogen) atoms. The van der Waals surface area contributed by atoms with Gasteiger partial charge < -0.3 is 24.1 Å². The first-order chi connectivity index (χ1) is 17.1. The van der Waals surface area contributed by atoms with E-state index in [-0.39, 0.29) is 28.1 Å². The lowest BCUT2D eigenvalue weighted by atomic mass is 9.89. The molecular formula is C23H42N4O8SSi2. The van der Waals surface area contributed by atoms with Gasteiger partial charge in [0.1, 0.15) is 12.2 Å². The van der Waals surface area contributed by atoms with Gasteiger partial charge >= 0.3 is 5.97 Å². The van der Waals surface area contributed by atoms with Crippen LogP contribution in [-0.2, 0) is 32.6 Å². The molecule has 2 aliphatic rings. The predicted molar refractivity (Wildman–Crippen MR) is 145 cm³/mol. The lowest BCUT2D eigenvalue weighted by Crippen LogP contribution is -2.59. The maximum Gasteiger partial charge on any atom is 0.360 e. The number of hydrogen-bond acceptors (Lipinski definition) is 11. The molecule has 3 heterocycles. The van der Waals surface area contributed by atoms with Gasteiger partial charge in [-0.25, -0.2) is 13.7 Å². The first-order valence-corrected chi connectivity index (χ1v) is 19.8. The normalized spacial score (nSPS) is 28.1. The first kappa shape index (κ1) is 30.9. The largest absolute Gasteiger partial charge is 0.464 e. The molecule has 4 atom stereocenters. The Bertz CT molecular complexity index is 1200. The van der Waals surface area contributed by atoms with Gasteiger partial charge in [-0.1, -0.05) is 46.8 Å². The second kappa shape index (κ2) is 9.78. The van der Waals surface area contributed by atoms with Gasteiger partial charge in [-0.3, -0.25) is 0 Å². The lowest BCUT2D eigenvalue weighted by Gasteiger charge is -2.43. The topological polar surface area (TPSA) is 154 Å². The Balaban J connectivity index is 2.16. The summed E-state index contributed by atoms with van der Waals surface area (Å²) in [6.07, 6.45) is -1.66. The molecule has 1 saturated heterocycles. The Morgan fingerprint density at radius 1 is 1.13 bits per heavy atom. The Morgan fingerprint density at radius 3 is 2.18 bits per heavy atom. The molecule has 2 aliphatic heterocycles. The first-order valence-electron chi connectivity index (χ1n) is 12.5. The summed E-state index contributed by atoms with van der Waals surface area (Å²) in [5, 5.41) is 8.54. The van der Waals surface area contributed by atoms with Crippen molar-refractivity contribution >= 4 is 32.7 Å². The van der Waals surface area contributed by atoms with Crippen LogP contribution in [0.1, 0.15) is 58.3 Å². The highest BCUT2D eigenvalue weighted by atomic mass is 32.2. The van der Waals surface area contributed by atoms with E-state index in [1.807, 2.05) is 13.1 Å². The highest BCUT2D eigenvalue weighted by Crippen LogP contribution is 2.52. The number of nitrogens with zero attached hydrogens (tertiary/aromatic N) is 3. The van der Waals surface area contributed by atoms with Crippen molar-refractivity contribution in [2.45, 2.75) is 102 Å². The van der Waals surface area contributed by atoms with Crippen LogP contribution in [0.2, 0.25) is 36.3 Å². The third kappa shape index (κ3) is 5.51. The minimum Gasteiger partial charge on any atom is -0.464 e. The van der Waals surface area contributed by atoms with E-state index in [4.69, 9.17) is 28.2 Å². The summed E-state index contributed by atoms with van der Waals surface area (Å²) in [6.45, 7) is 20.7. The Hall–Kier alpha value is -1.63. The lowest BCUT2D eigenvalue weighted by molar-refractivity contribution is -0.0595. The van der Waals surface area contributed by atoms with Crippen molar-refractivity contribution in [3.8, 4) is 0 Å². The summed E-state index contributed by atoms with van der Waals surface area (Å²) in [5.74, 6) is -0.678. The van der Waals surface area contributed by atoms with Crippen molar-refractivity contribution in [3.05, 3.63) is 23.0 Å². The molecule has 216 valence electrons. The van der Waals surface area contributed by atoms with Gasteiger partial charge in [0.05, 0.1) is 31.0 Å². The van der Waals surface area contributed by atoms with E-state index in [0.717, 1.165) is 5.41 Å². The number of aromatic nitrogens is 3. The molecule has 1 aromatic heterocycles. The number of carbonyl (C=O) groups is 1. The number of esters is 1. The SMILES string of the molecule is COC(=O)c1cn(C2OC(CO[Si](C)(C)C(C)(C)C)C3(OS(=O)(=O)C=C3N)C2O[Si](C)(C)C(C)(C)C)nn1. The van der Waals surface area contributed by atoms with Crippen LogP contribution in [0.4, 0.5) is 0 Å². The summed E-state index contributed by atoms with van der Waals surface area (Å²) >= 11 is 0. The molecule has 0 aliphatic carbocycles. The molecule has 0 aromatic carbocycles. The number of hydrogen-bond donors (Lipinski definition) is 1. The van der Waals surface area contributed by atoms with Gasteiger partial charge in [-0.05, 0) is 36.3 Å². The fourth-order valence-electron chi connectivity index (χ4n) is 3.80. The predicted octanol–water partition coefficient (Wildman–Crippen LogP) is 3.27. The van der Waals surface area contributed by atoms with Crippen LogP contribution in [0.3, 0.4) is 0 Å². The average Bonchev–Trinajstić information content (AvgIpc) is 3.40. The highest BCUT2D eigenvalue weighted by molar-refractivity contribution is 7.90. The third-order valence-corrected chi connectivity index (χ3v) is 18.2. The minimum absolute atomic E-state index is 0.00691. The third-order valence-electron chi connectivity index (χ3n) is 8.24. The summed E-state index contributed by atoms with van der Waals surface area (Å²) in [4.78, 5) is 12.1. The van der Waals surface area contributed by atoms with E-state index >= 15 is 0 Å². The number of nitrogens with two attached hydrogens (primary N) is 1. The Kier molecular flexibility index (Phi) is 7.95. The van der Waals surface area contributed by atoms with Gasteiger partial charge in [0, 0.05) is 0 Å². The Labute approximate surface area is 227 Å². The van der Waals surface area contributed by atoms with Crippen LogP contribution in [0.5, 0.6) is 0 Å². The van der Waals surface area contributed by atoms with Crippen LogP contribution in [0.25, 0.3) is 0 Å². The molecule has 0 radical (unpaired) electrons.